The molecule has 1 fully saturated rings. The number of nitro benzene ring substituents is 1. The lowest BCUT2D eigenvalue weighted by molar-refractivity contribution is -0.384. The zero-order valence-electron chi connectivity index (χ0n) is 16.4. The number of morpholine rings is 1. The number of benzene rings is 2. The molecule has 1 amide bonds. The number of alkyl halides is 3. The average Bonchev–Trinajstić information content (AvgIpc) is 2.76. The molecule has 166 valence electrons. The van der Waals surface area contributed by atoms with Crippen LogP contribution in [0, 0.1) is 10.1 Å². The van der Waals surface area contributed by atoms with Gasteiger partial charge in [-0.25, -0.2) is 0 Å². The quantitative estimate of drug-likeness (QED) is 0.388. The fourth-order valence-electron chi connectivity index (χ4n) is 3.06. The number of nitrogens with one attached hydrogen (secondary N) is 1. The molecule has 0 saturated carbocycles. The molecule has 31 heavy (non-hydrogen) atoms. The molecule has 0 unspecified atom stereocenters. The fourth-order valence-corrected chi connectivity index (χ4v) is 3.79. The van der Waals surface area contributed by atoms with Gasteiger partial charge in [0.15, 0.2) is 0 Å². The van der Waals surface area contributed by atoms with Gasteiger partial charge < -0.3 is 15.0 Å². The van der Waals surface area contributed by atoms with Gasteiger partial charge in [-0.3, -0.25) is 14.9 Å². The van der Waals surface area contributed by atoms with Gasteiger partial charge in [0.2, 0.25) is 5.91 Å². The van der Waals surface area contributed by atoms with E-state index in [9.17, 15) is 28.1 Å². The van der Waals surface area contributed by atoms with Crippen molar-refractivity contribution in [2.45, 2.75) is 17.6 Å². The van der Waals surface area contributed by atoms with Crippen LogP contribution < -0.4 is 10.2 Å². The summed E-state index contributed by atoms with van der Waals surface area (Å²) in [5, 5.41) is 13.2. The number of hydrogen-bond acceptors (Lipinski definition) is 6. The summed E-state index contributed by atoms with van der Waals surface area (Å²) >= 11 is 1.14. The molecule has 0 aliphatic carbocycles. The Hall–Kier alpha value is -2.79. The van der Waals surface area contributed by atoms with Gasteiger partial charge in [0, 0.05) is 42.3 Å². The third-order valence-electron chi connectivity index (χ3n) is 4.67. The minimum atomic E-state index is -4.55. The maximum Gasteiger partial charge on any atom is 0.416 e. The van der Waals surface area contributed by atoms with Crippen LogP contribution in [0.4, 0.5) is 24.5 Å². The van der Waals surface area contributed by atoms with E-state index in [0.29, 0.717) is 36.9 Å². The highest BCUT2D eigenvalue weighted by Gasteiger charge is 2.34. The SMILES string of the molecule is O=C(CSc1ccc([N+](=O)[O-])cc1)NCc1ccc(N2CCOCC2)cc1C(F)(F)F. The predicted molar refractivity (Wildman–Crippen MR) is 110 cm³/mol. The topological polar surface area (TPSA) is 84.7 Å². The second kappa shape index (κ2) is 10.0. The van der Waals surface area contributed by atoms with Gasteiger partial charge in [-0.2, -0.15) is 13.2 Å². The number of anilines is 1. The minimum Gasteiger partial charge on any atom is -0.378 e. The van der Waals surface area contributed by atoms with Crippen LogP contribution in [0.3, 0.4) is 0 Å². The predicted octanol–water partition coefficient (Wildman–Crippen LogP) is 3.86. The second-order valence-corrected chi connectivity index (χ2v) is 7.80. The monoisotopic (exact) mass is 455 g/mol. The Morgan fingerprint density at radius 3 is 2.45 bits per heavy atom. The van der Waals surface area contributed by atoms with E-state index < -0.39 is 22.6 Å². The number of nitro groups is 1. The van der Waals surface area contributed by atoms with Gasteiger partial charge in [-0.15, -0.1) is 11.8 Å². The summed E-state index contributed by atoms with van der Waals surface area (Å²) in [5.41, 5.74) is -0.383. The van der Waals surface area contributed by atoms with Crippen molar-refractivity contribution in [2.75, 3.05) is 37.0 Å². The number of nitrogens with zero attached hydrogens (tertiary/aromatic N) is 2. The zero-order valence-corrected chi connectivity index (χ0v) is 17.2. The number of ether oxygens (including phenoxy) is 1. The molecule has 0 aromatic heterocycles. The lowest BCUT2D eigenvalue weighted by atomic mass is 10.0. The van der Waals surface area contributed by atoms with E-state index in [1.165, 1.54) is 30.3 Å². The number of halogens is 3. The average molecular weight is 455 g/mol. The smallest absolute Gasteiger partial charge is 0.378 e. The summed E-state index contributed by atoms with van der Waals surface area (Å²) in [5.74, 6) is -0.459. The number of carbonyl (C=O) groups excluding carboxylic acids is 1. The molecule has 1 N–H and O–H groups in total. The van der Waals surface area contributed by atoms with E-state index in [1.807, 2.05) is 4.90 Å². The van der Waals surface area contributed by atoms with E-state index in [2.05, 4.69) is 5.32 Å². The van der Waals surface area contributed by atoms with E-state index >= 15 is 0 Å². The van der Waals surface area contributed by atoms with Crippen LogP contribution >= 0.6 is 11.8 Å². The lowest BCUT2D eigenvalue weighted by Crippen LogP contribution is -2.36. The van der Waals surface area contributed by atoms with Crippen molar-refractivity contribution in [1.82, 2.24) is 5.32 Å². The van der Waals surface area contributed by atoms with Crippen molar-refractivity contribution >= 4 is 29.0 Å². The van der Waals surface area contributed by atoms with Crippen LogP contribution in [0.1, 0.15) is 11.1 Å². The Bertz CT molecular complexity index is 932. The van der Waals surface area contributed by atoms with Crippen molar-refractivity contribution in [1.29, 1.82) is 0 Å². The van der Waals surface area contributed by atoms with Gasteiger partial charge in [-0.1, -0.05) is 6.07 Å². The van der Waals surface area contributed by atoms with Crippen LogP contribution in [-0.2, 0) is 22.3 Å². The molecule has 2 aromatic rings. The highest BCUT2D eigenvalue weighted by Crippen LogP contribution is 2.35. The third kappa shape index (κ3) is 6.34. The third-order valence-corrected chi connectivity index (χ3v) is 5.68. The van der Waals surface area contributed by atoms with Gasteiger partial charge in [0.05, 0.1) is 29.5 Å². The molecule has 1 heterocycles. The highest BCUT2D eigenvalue weighted by molar-refractivity contribution is 8.00. The van der Waals surface area contributed by atoms with E-state index in [1.54, 1.807) is 6.07 Å². The maximum atomic E-state index is 13.6. The highest BCUT2D eigenvalue weighted by atomic mass is 32.2. The molecule has 1 saturated heterocycles. The first kappa shape index (κ1) is 22.9. The largest absolute Gasteiger partial charge is 0.416 e. The van der Waals surface area contributed by atoms with Crippen LogP contribution in [0.2, 0.25) is 0 Å². The maximum absolute atomic E-state index is 13.6. The molecular formula is C20H20F3N3O4S. The van der Waals surface area contributed by atoms with Crippen molar-refractivity contribution in [3.63, 3.8) is 0 Å². The number of carbonyl (C=O) groups is 1. The summed E-state index contributed by atoms with van der Waals surface area (Å²) in [6.07, 6.45) is -4.55. The number of non-ortho nitro benzene ring substituents is 1. The molecule has 1 aliphatic rings. The van der Waals surface area contributed by atoms with Crippen molar-refractivity contribution in [2.24, 2.45) is 0 Å². The molecule has 11 heteroatoms. The summed E-state index contributed by atoms with van der Waals surface area (Å²) < 4.78 is 45.9. The normalized spacial score (nSPS) is 14.4. The minimum absolute atomic E-state index is 0.0156. The van der Waals surface area contributed by atoms with E-state index in [-0.39, 0.29) is 23.5 Å². The molecule has 0 atom stereocenters. The second-order valence-electron chi connectivity index (χ2n) is 6.76. The fraction of sp³-hybridized carbons (Fsp3) is 0.350. The van der Waals surface area contributed by atoms with Gasteiger partial charge in [0.1, 0.15) is 0 Å². The number of amides is 1. The molecule has 0 spiro atoms. The first-order valence-corrected chi connectivity index (χ1v) is 10.4. The van der Waals surface area contributed by atoms with Crippen molar-refractivity contribution in [3.8, 4) is 0 Å². The summed E-state index contributed by atoms with van der Waals surface area (Å²) in [7, 11) is 0. The van der Waals surface area contributed by atoms with Crippen LogP contribution in [0.5, 0.6) is 0 Å². The van der Waals surface area contributed by atoms with Crippen molar-refractivity contribution in [3.05, 3.63) is 63.7 Å². The van der Waals surface area contributed by atoms with Gasteiger partial charge in [0.25, 0.3) is 5.69 Å². The summed E-state index contributed by atoms with van der Waals surface area (Å²) in [4.78, 5) is 24.7. The Kier molecular flexibility index (Phi) is 7.39. The molecule has 3 rings (SSSR count). The summed E-state index contributed by atoms with van der Waals surface area (Å²) in [6.45, 7) is 1.72. The number of thioether (sulfide) groups is 1. The van der Waals surface area contributed by atoms with Crippen LogP contribution in [-0.4, -0.2) is 42.9 Å². The molecule has 1 aliphatic heterocycles. The van der Waals surface area contributed by atoms with Crippen LogP contribution in [0.15, 0.2) is 47.4 Å². The first-order valence-electron chi connectivity index (χ1n) is 9.41. The Morgan fingerprint density at radius 1 is 1.16 bits per heavy atom. The Morgan fingerprint density at radius 2 is 1.84 bits per heavy atom. The standard InChI is InChI=1S/C20H20F3N3O4S/c21-20(22,23)18-11-16(25-7-9-30-10-8-25)2-1-14(18)12-24-19(27)13-31-17-5-3-15(4-6-17)26(28)29/h1-6,11H,7-10,12-13H2,(H,24,27). The zero-order chi connectivity index (χ0) is 22.4. The van der Waals surface area contributed by atoms with Crippen molar-refractivity contribution < 1.29 is 27.6 Å². The van der Waals surface area contributed by atoms with E-state index in [4.69, 9.17) is 4.74 Å². The lowest BCUT2D eigenvalue weighted by Gasteiger charge is -2.29. The number of hydrogen-bond donors (Lipinski definition) is 1. The molecular weight excluding hydrogens is 435 g/mol. The molecule has 2 aromatic carbocycles. The molecule has 0 radical (unpaired) electrons. The van der Waals surface area contributed by atoms with E-state index in [0.717, 1.165) is 17.8 Å². The van der Waals surface area contributed by atoms with Gasteiger partial charge >= 0.3 is 6.18 Å². The number of rotatable bonds is 7. The first-order chi connectivity index (χ1) is 14.7. The Balaban J connectivity index is 1.60. The van der Waals surface area contributed by atoms with Gasteiger partial charge in [-0.05, 0) is 29.8 Å². The summed E-state index contributed by atoms with van der Waals surface area (Å²) in [6, 6.07) is 9.80. The molecule has 7 nitrogen and oxygen atoms in total. The Labute approximate surface area is 180 Å². The molecule has 0 bridgehead atoms. The van der Waals surface area contributed by atoms with Crippen LogP contribution in [0.25, 0.3) is 0 Å².